The van der Waals surface area contributed by atoms with E-state index in [1.54, 1.807) is 4.90 Å². The van der Waals surface area contributed by atoms with E-state index >= 15 is 0 Å². The number of likely N-dealkylation sites (N-methyl/N-ethyl adjacent to an activating group) is 1. The Labute approximate surface area is 188 Å². The number of benzene rings is 2. The summed E-state index contributed by atoms with van der Waals surface area (Å²) in [5.41, 5.74) is 4.61. The third-order valence-corrected chi connectivity index (χ3v) is 6.09. The van der Waals surface area contributed by atoms with Crippen LogP contribution in [0.5, 0.6) is 0 Å². The summed E-state index contributed by atoms with van der Waals surface area (Å²) in [6.45, 7) is 6.32. The van der Waals surface area contributed by atoms with E-state index in [0.717, 1.165) is 16.7 Å². The largest absolute Gasteiger partial charge is 0.341 e. The third-order valence-electron chi connectivity index (χ3n) is 6.09. The second kappa shape index (κ2) is 9.77. The van der Waals surface area contributed by atoms with Gasteiger partial charge in [-0.2, -0.15) is 5.10 Å². The molecular weight excluding hydrogens is 402 g/mol. The number of amides is 2. The fourth-order valence-corrected chi connectivity index (χ4v) is 4.27. The van der Waals surface area contributed by atoms with Crippen molar-refractivity contribution in [2.24, 2.45) is 5.92 Å². The summed E-state index contributed by atoms with van der Waals surface area (Å²) in [6.07, 6.45) is 3.55. The number of aromatic nitrogens is 3. The lowest BCUT2D eigenvalue weighted by atomic mass is 9.91. The van der Waals surface area contributed by atoms with E-state index in [2.05, 4.69) is 53.4 Å². The minimum Gasteiger partial charge on any atom is -0.341 e. The molecule has 0 bridgehead atoms. The van der Waals surface area contributed by atoms with Gasteiger partial charge in [-0.15, -0.1) is 0 Å². The summed E-state index contributed by atoms with van der Waals surface area (Å²) >= 11 is 0. The van der Waals surface area contributed by atoms with E-state index in [9.17, 15) is 9.59 Å². The van der Waals surface area contributed by atoms with Crippen LogP contribution in [-0.2, 0) is 22.6 Å². The summed E-state index contributed by atoms with van der Waals surface area (Å²) in [6, 6.07) is 16.7. The number of rotatable bonds is 6. The summed E-state index contributed by atoms with van der Waals surface area (Å²) in [4.78, 5) is 33.8. The van der Waals surface area contributed by atoms with Crippen molar-refractivity contribution in [3.8, 4) is 11.1 Å². The number of aryl methyl sites for hydroxylation is 1. The maximum absolute atomic E-state index is 13.3. The van der Waals surface area contributed by atoms with Gasteiger partial charge in [-0.05, 0) is 37.0 Å². The first-order chi connectivity index (χ1) is 15.5. The zero-order valence-corrected chi connectivity index (χ0v) is 18.6. The molecule has 0 spiro atoms. The highest BCUT2D eigenvalue weighted by atomic mass is 16.2. The molecule has 0 N–H and O–H groups in total. The molecule has 0 saturated carbocycles. The first-order valence-corrected chi connectivity index (χ1v) is 11.1. The van der Waals surface area contributed by atoms with Crippen molar-refractivity contribution in [3.63, 3.8) is 0 Å². The normalized spacial score (nSPS) is 16.8. The lowest BCUT2D eigenvalue weighted by Crippen LogP contribution is -2.39. The van der Waals surface area contributed by atoms with Gasteiger partial charge in [-0.3, -0.25) is 9.59 Å². The predicted molar refractivity (Wildman–Crippen MR) is 123 cm³/mol. The van der Waals surface area contributed by atoms with E-state index in [4.69, 9.17) is 0 Å². The maximum Gasteiger partial charge on any atom is 0.244 e. The van der Waals surface area contributed by atoms with Crippen LogP contribution < -0.4 is 0 Å². The smallest absolute Gasteiger partial charge is 0.244 e. The molecule has 32 heavy (non-hydrogen) atoms. The van der Waals surface area contributed by atoms with Gasteiger partial charge >= 0.3 is 0 Å². The fourth-order valence-electron chi connectivity index (χ4n) is 4.27. The molecule has 1 saturated heterocycles. The summed E-state index contributed by atoms with van der Waals surface area (Å²) in [7, 11) is 0. The van der Waals surface area contributed by atoms with Crippen LogP contribution in [0.1, 0.15) is 18.1 Å². The second-order valence-electron chi connectivity index (χ2n) is 8.27. The molecule has 0 aliphatic carbocycles. The lowest BCUT2D eigenvalue weighted by Gasteiger charge is -2.24. The van der Waals surface area contributed by atoms with Gasteiger partial charge in [0.1, 0.15) is 19.2 Å². The topological polar surface area (TPSA) is 71.3 Å². The lowest BCUT2D eigenvalue weighted by molar-refractivity contribution is -0.135. The number of nitrogens with zero attached hydrogens (tertiary/aromatic N) is 5. The number of carbonyl (C=O) groups excluding carboxylic acids is 2. The molecule has 4 rings (SSSR count). The molecule has 2 amide bonds. The van der Waals surface area contributed by atoms with Crippen LogP contribution in [0, 0.1) is 12.8 Å². The molecule has 2 aromatic carbocycles. The molecule has 1 atom stereocenters. The highest BCUT2D eigenvalue weighted by molar-refractivity contribution is 5.82. The summed E-state index contributed by atoms with van der Waals surface area (Å²) in [5.74, 6) is -0.218. The van der Waals surface area contributed by atoms with Crippen molar-refractivity contribution < 1.29 is 9.59 Å². The van der Waals surface area contributed by atoms with Crippen molar-refractivity contribution in [3.05, 3.63) is 72.3 Å². The van der Waals surface area contributed by atoms with Gasteiger partial charge in [0.15, 0.2) is 0 Å². The van der Waals surface area contributed by atoms with E-state index in [1.165, 1.54) is 22.9 Å². The van der Waals surface area contributed by atoms with Gasteiger partial charge in [-0.1, -0.05) is 54.1 Å². The number of hydrogen-bond donors (Lipinski definition) is 0. The Morgan fingerprint density at radius 2 is 1.88 bits per heavy atom. The van der Waals surface area contributed by atoms with Gasteiger partial charge in [0.25, 0.3) is 0 Å². The molecule has 1 aliphatic rings. The van der Waals surface area contributed by atoms with Crippen LogP contribution in [0.4, 0.5) is 0 Å². The Hall–Kier alpha value is -3.48. The van der Waals surface area contributed by atoms with Gasteiger partial charge in [0.05, 0.1) is 5.92 Å². The Bertz CT molecular complexity index is 1060. The molecule has 2 heterocycles. The van der Waals surface area contributed by atoms with Crippen molar-refractivity contribution in [2.75, 3.05) is 26.2 Å². The molecular formula is C25H29N5O2. The van der Waals surface area contributed by atoms with Gasteiger partial charge in [0.2, 0.25) is 11.8 Å². The standard InChI is InChI=1S/C25H29N5O2/c1-3-28-12-13-29(24(31)16-30-18-26-17-27-30)15-22(25(28)32)14-21-6-4-5-7-23(21)20-10-8-19(2)9-11-20/h4-11,17-18,22H,3,12-16H2,1-2H3. The molecule has 166 valence electrons. The van der Waals surface area contributed by atoms with E-state index in [1.807, 2.05) is 24.0 Å². The molecule has 7 nitrogen and oxygen atoms in total. The van der Waals surface area contributed by atoms with Crippen LogP contribution in [0.3, 0.4) is 0 Å². The fraction of sp³-hybridized carbons (Fsp3) is 0.360. The number of hydrogen-bond acceptors (Lipinski definition) is 4. The molecule has 1 aromatic heterocycles. The molecule has 3 aromatic rings. The Balaban J connectivity index is 1.58. The van der Waals surface area contributed by atoms with Crippen molar-refractivity contribution in [1.29, 1.82) is 0 Å². The van der Waals surface area contributed by atoms with Crippen molar-refractivity contribution in [2.45, 2.75) is 26.8 Å². The Morgan fingerprint density at radius 1 is 1.09 bits per heavy atom. The minimum atomic E-state index is -0.288. The first-order valence-electron chi connectivity index (χ1n) is 11.1. The van der Waals surface area contributed by atoms with Crippen LogP contribution in [0.15, 0.2) is 61.2 Å². The quantitative estimate of drug-likeness (QED) is 0.602. The van der Waals surface area contributed by atoms with E-state index in [0.29, 0.717) is 32.6 Å². The average Bonchev–Trinajstić information content (AvgIpc) is 3.26. The van der Waals surface area contributed by atoms with Gasteiger partial charge < -0.3 is 9.80 Å². The zero-order valence-electron chi connectivity index (χ0n) is 18.6. The van der Waals surface area contributed by atoms with Crippen LogP contribution in [0.2, 0.25) is 0 Å². The van der Waals surface area contributed by atoms with Gasteiger partial charge in [-0.25, -0.2) is 9.67 Å². The van der Waals surface area contributed by atoms with Gasteiger partial charge in [0, 0.05) is 26.2 Å². The van der Waals surface area contributed by atoms with Crippen molar-refractivity contribution >= 4 is 11.8 Å². The van der Waals surface area contributed by atoms with Crippen molar-refractivity contribution in [1.82, 2.24) is 24.6 Å². The summed E-state index contributed by atoms with van der Waals surface area (Å²) in [5, 5.41) is 4.04. The molecule has 1 aliphatic heterocycles. The monoisotopic (exact) mass is 431 g/mol. The molecule has 7 heteroatoms. The first kappa shape index (κ1) is 21.7. The SMILES string of the molecule is CCN1CCN(C(=O)Cn2cncn2)CC(Cc2ccccc2-c2ccc(C)cc2)C1=O. The maximum atomic E-state index is 13.3. The highest BCUT2D eigenvalue weighted by Crippen LogP contribution is 2.27. The zero-order chi connectivity index (χ0) is 22.5. The Kier molecular flexibility index (Phi) is 6.63. The molecule has 0 radical (unpaired) electrons. The van der Waals surface area contributed by atoms with Crippen LogP contribution in [-0.4, -0.2) is 62.6 Å². The average molecular weight is 432 g/mol. The van der Waals surface area contributed by atoms with Crippen LogP contribution in [0.25, 0.3) is 11.1 Å². The number of carbonyl (C=O) groups is 2. The minimum absolute atomic E-state index is 0.0435. The predicted octanol–water partition coefficient (Wildman–Crippen LogP) is 2.80. The Morgan fingerprint density at radius 3 is 2.59 bits per heavy atom. The molecule has 1 fully saturated rings. The summed E-state index contributed by atoms with van der Waals surface area (Å²) < 4.78 is 1.52. The highest BCUT2D eigenvalue weighted by Gasteiger charge is 2.32. The molecule has 1 unspecified atom stereocenters. The van der Waals surface area contributed by atoms with Crippen LogP contribution >= 0.6 is 0 Å². The van der Waals surface area contributed by atoms with E-state index in [-0.39, 0.29) is 24.3 Å². The van der Waals surface area contributed by atoms with E-state index < -0.39 is 0 Å². The second-order valence-corrected chi connectivity index (χ2v) is 8.27. The third kappa shape index (κ3) is 4.88.